The average molecular weight is 248 g/mol. The van der Waals surface area contributed by atoms with Crippen molar-refractivity contribution in [1.29, 1.82) is 0 Å². The number of nitrogens with zero attached hydrogens (tertiary/aromatic N) is 1. The van der Waals surface area contributed by atoms with Crippen LogP contribution in [-0.2, 0) is 6.42 Å². The summed E-state index contributed by atoms with van der Waals surface area (Å²) in [5.41, 5.74) is 1.39. The fourth-order valence-electron chi connectivity index (χ4n) is 2.61. The van der Waals surface area contributed by atoms with Gasteiger partial charge in [-0.15, -0.1) is 0 Å². The van der Waals surface area contributed by atoms with E-state index in [1.54, 1.807) is 7.11 Å². The van der Waals surface area contributed by atoms with Gasteiger partial charge in [0.15, 0.2) is 0 Å². The molecule has 1 aliphatic rings. The molecule has 0 bridgehead atoms. The number of hydrogen-bond acceptors (Lipinski definition) is 3. The van der Waals surface area contributed by atoms with Crippen molar-refractivity contribution in [1.82, 2.24) is 10.2 Å². The summed E-state index contributed by atoms with van der Waals surface area (Å²) < 4.78 is 5.18. The summed E-state index contributed by atoms with van der Waals surface area (Å²) in [5.74, 6) is 0.936. The summed E-state index contributed by atoms with van der Waals surface area (Å²) in [4.78, 5) is 2.59. The Morgan fingerprint density at radius 2 is 2.11 bits per heavy atom. The van der Waals surface area contributed by atoms with E-state index in [1.165, 1.54) is 18.5 Å². The standard InChI is InChI=1S/C15H24N2O/c1-3-17(14-8-10-16-12-14)11-9-13-4-6-15(18-2)7-5-13/h4-7,14,16H,3,8-12H2,1-2H3. The highest BCUT2D eigenvalue weighted by Crippen LogP contribution is 2.13. The van der Waals surface area contributed by atoms with Crippen LogP contribution in [0.1, 0.15) is 18.9 Å². The van der Waals surface area contributed by atoms with Crippen molar-refractivity contribution >= 4 is 0 Å². The molecular formula is C15H24N2O. The molecule has 3 nitrogen and oxygen atoms in total. The van der Waals surface area contributed by atoms with E-state index in [1.807, 2.05) is 12.1 Å². The molecule has 1 unspecified atom stereocenters. The Balaban J connectivity index is 1.84. The zero-order valence-corrected chi connectivity index (χ0v) is 11.5. The molecule has 0 saturated carbocycles. The topological polar surface area (TPSA) is 24.5 Å². The van der Waals surface area contributed by atoms with E-state index in [9.17, 15) is 0 Å². The lowest BCUT2D eigenvalue weighted by atomic mass is 10.1. The Morgan fingerprint density at radius 1 is 1.33 bits per heavy atom. The van der Waals surface area contributed by atoms with Gasteiger partial charge in [-0.2, -0.15) is 0 Å². The van der Waals surface area contributed by atoms with Crippen LogP contribution in [0.5, 0.6) is 5.75 Å². The first-order valence-corrected chi connectivity index (χ1v) is 6.91. The second kappa shape index (κ2) is 6.76. The molecule has 1 N–H and O–H groups in total. The first kappa shape index (κ1) is 13.4. The van der Waals surface area contributed by atoms with Crippen LogP contribution in [-0.4, -0.2) is 44.2 Å². The van der Waals surface area contributed by atoms with Crippen molar-refractivity contribution in [2.45, 2.75) is 25.8 Å². The highest BCUT2D eigenvalue weighted by Gasteiger charge is 2.20. The minimum Gasteiger partial charge on any atom is -0.497 e. The Morgan fingerprint density at radius 3 is 2.67 bits per heavy atom. The molecule has 0 aromatic heterocycles. The number of methoxy groups -OCH3 is 1. The van der Waals surface area contributed by atoms with Gasteiger partial charge >= 0.3 is 0 Å². The van der Waals surface area contributed by atoms with Crippen LogP contribution in [0.25, 0.3) is 0 Å². The third-order valence-electron chi connectivity index (χ3n) is 3.80. The Kier molecular flexibility index (Phi) is 5.02. The minimum atomic E-state index is 0.730. The van der Waals surface area contributed by atoms with Gasteiger partial charge in [0, 0.05) is 19.1 Å². The van der Waals surface area contributed by atoms with Gasteiger partial charge in [0.05, 0.1) is 7.11 Å². The summed E-state index contributed by atoms with van der Waals surface area (Å²) in [5, 5.41) is 3.44. The Labute approximate surface area is 110 Å². The van der Waals surface area contributed by atoms with E-state index >= 15 is 0 Å². The summed E-state index contributed by atoms with van der Waals surface area (Å²) in [6.45, 7) is 6.87. The van der Waals surface area contributed by atoms with Gasteiger partial charge < -0.3 is 10.1 Å². The largest absolute Gasteiger partial charge is 0.497 e. The Hall–Kier alpha value is -1.06. The number of ether oxygens (including phenoxy) is 1. The van der Waals surface area contributed by atoms with Crippen LogP contribution in [0, 0.1) is 0 Å². The summed E-state index contributed by atoms with van der Waals surface area (Å²) in [7, 11) is 1.71. The molecule has 0 radical (unpaired) electrons. The van der Waals surface area contributed by atoms with Crippen molar-refractivity contribution in [3.05, 3.63) is 29.8 Å². The lowest BCUT2D eigenvalue weighted by Gasteiger charge is -2.26. The predicted molar refractivity (Wildman–Crippen MR) is 75.2 cm³/mol. The van der Waals surface area contributed by atoms with Crippen molar-refractivity contribution in [3.8, 4) is 5.75 Å². The van der Waals surface area contributed by atoms with E-state index in [0.29, 0.717) is 0 Å². The monoisotopic (exact) mass is 248 g/mol. The number of rotatable bonds is 6. The molecule has 0 amide bonds. The molecule has 1 aromatic rings. The van der Waals surface area contributed by atoms with Crippen LogP contribution in [0.15, 0.2) is 24.3 Å². The number of hydrogen-bond donors (Lipinski definition) is 1. The van der Waals surface area contributed by atoms with Crippen LogP contribution < -0.4 is 10.1 Å². The first-order chi connectivity index (χ1) is 8.83. The second-order valence-corrected chi connectivity index (χ2v) is 4.87. The molecular weight excluding hydrogens is 224 g/mol. The average Bonchev–Trinajstić information content (AvgIpc) is 2.94. The van der Waals surface area contributed by atoms with Gasteiger partial charge in [0.1, 0.15) is 5.75 Å². The fraction of sp³-hybridized carbons (Fsp3) is 0.600. The van der Waals surface area contributed by atoms with Gasteiger partial charge in [-0.1, -0.05) is 19.1 Å². The van der Waals surface area contributed by atoms with Crippen molar-refractivity contribution in [2.24, 2.45) is 0 Å². The number of likely N-dealkylation sites (N-methyl/N-ethyl adjacent to an activating group) is 1. The van der Waals surface area contributed by atoms with Crippen LogP contribution in [0.3, 0.4) is 0 Å². The molecule has 1 aromatic carbocycles. The SMILES string of the molecule is CCN(CCc1ccc(OC)cc1)C1CCNC1. The lowest BCUT2D eigenvalue weighted by molar-refractivity contribution is 0.222. The molecule has 1 atom stereocenters. The van der Waals surface area contributed by atoms with Crippen molar-refractivity contribution in [3.63, 3.8) is 0 Å². The smallest absolute Gasteiger partial charge is 0.118 e. The van der Waals surface area contributed by atoms with Gasteiger partial charge in [0.25, 0.3) is 0 Å². The van der Waals surface area contributed by atoms with Crippen LogP contribution in [0.2, 0.25) is 0 Å². The molecule has 2 rings (SSSR count). The van der Waals surface area contributed by atoms with E-state index in [2.05, 4.69) is 29.3 Å². The maximum absolute atomic E-state index is 5.18. The minimum absolute atomic E-state index is 0.730. The van der Waals surface area contributed by atoms with Gasteiger partial charge in [-0.25, -0.2) is 0 Å². The van der Waals surface area contributed by atoms with E-state index in [-0.39, 0.29) is 0 Å². The number of nitrogens with one attached hydrogen (secondary N) is 1. The molecule has 1 aliphatic heterocycles. The van der Waals surface area contributed by atoms with Crippen LogP contribution in [0.4, 0.5) is 0 Å². The normalized spacial score (nSPS) is 19.4. The van der Waals surface area contributed by atoms with Gasteiger partial charge in [-0.3, -0.25) is 4.90 Å². The van der Waals surface area contributed by atoms with E-state index in [0.717, 1.165) is 37.8 Å². The first-order valence-electron chi connectivity index (χ1n) is 6.91. The second-order valence-electron chi connectivity index (χ2n) is 4.87. The van der Waals surface area contributed by atoms with Crippen LogP contribution >= 0.6 is 0 Å². The third kappa shape index (κ3) is 3.47. The maximum atomic E-state index is 5.18. The molecule has 0 spiro atoms. The summed E-state index contributed by atoms with van der Waals surface area (Å²) in [6.07, 6.45) is 2.41. The fourth-order valence-corrected chi connectivity index (χ4v) is 2.61. The molecule has 1 saturated heterocycles. The quantitative estimate of drug-likeness (QED) is 0.832. The molecule has 3 heteroatoms. The van der Waals surface area contributed by atoms with Crippen molar-refractivity contribution in [2.75, 3.05) is 33.3 Å². The van der Waals surface area contributed by atoms with Gasteiger partial charge in [0.2, 0.25) is 0 Å². The van der Waals surface area contributed by atoms with Crippen molar-refractivity contribution < 1.29 is 4.74 Å². The molecule has 18 heavy (non-hydrogen) atoms. The predicted octanol–water partition coefficient (Wildman–Crippen LogP) is 1.92. The molecule has 0 aliphatic carbocycles. The summed E-state index contributed by atoms with van der Waals surface area (Å²) in [6, 6.07) is 9.15. The van der Waals surface area contributed by atoms with Gasteiger partial charge in [-0.05, 0) is 43.6 Å². The lowest BCUT2D eigenvalue weighted by Crippen LogP contribution is -2.38. The van der Waals surface area contributed by atoms with E-state index in [4.69, 9.17) is 4.74 Å². The maximum Gasteiger partial charge on any atom is 0.118 e. The third-order valence-corrected chi connectivity index (χ3v) is 3.80. The molecule has 100 valence electrons. The highest BCUT2D eigenvalue weighted by molar-refractivity contribution is 5.27. The Bertz CT molecular complexity index is 344. The van der Waals surface area contributed by atoms with E-state index < -0.39 is 0 Å². The molecule has 1 heterocycles. The zero-order valence-electron chi connectivity index (χ0n) is 11.5. The molecule has 1 fully saturated rings. The number of benzene rings is 1. The highest BCUT2D eigenvalue weighted by atomic mass is 16.5. The summed E-state index contributed by atoms with van der Waals surface area (Å²) >= 11 is 0. The zero-order chi connectivity index (χ0) is 12.8.